The van der Waals surface area contributed by atoms with E-state index in [0.29, 0.717) is 0 Å². The van der Waals surface area contributed by atoms with Gasteiger partial charge >= 0.3 is 0 Å². The molecule has 0 aliphatic heterocycles. The number of hydrogen-bond donors (Lipinski definition) is 2. The number of nitrogens with zero attached hydrogens (tertiary/aromatic N) is 6. The van der Waals surface area contributed by atoms with Crippen molar-refractivity contribution in [3.8, 4) is 0 Å². The van der Waals surface area contributed by atoms with Crippen molar-refractivity contribution in [1.82, 2.24) is 15.3 Å². The van der Waals surface area contributed by atoms with Crippen LogP contribution in [-0.4, -0.2) is 39.6 Å². The van der Waals surface area contributed by atoms with Crippen LogP contribution in [0, 0.1) is 0 Å². The normalized spacial score (nSPS) is 11.5. The van der Waals surface area contributed by atoms with Gasteiger partial charge in [-0.25, -0.2) is 15.0 Å². The molecule has 0 aliphatic rings. The summed E-state index contributed by atoms with van der Waals surface area (Å²) < 4.78 is 0. The van der Waals surface area contributed by atoms with E-state index >= 15 is 0 Å². The lowest BCUT2D eigenvalue weighted by Gasteiger charge is -2.03. The number of aromatic nitrogens is 2. The number of rotatable bonds is 5. The molecule has 21 heavy (non-hydrogen) atoms. The zero-order valence-corrected chi connectivity index (χ0v) is 11.0. The third-order valence-electron chi connectivity index (χ3n) is 2.03. The quantitative estimate of drug-likeness (QED) is 0.206. The van der Waals surface area contributed by atoms with Crippen molar-refractivity contribution in [2.75, 3.05) is 6.54 Å². The molecule has 2 amide bonds. The second-order valence-electron chi connectivity index (χ2n) is 3.57. The van der Waals surface area contributed by atoms with Gasteiger partial charge in [0.25, 0.3) is 5.91 Å². The second-order valence-corrected chi connectivity index (χ2v) is 3.57. The summed E-state index contributed by atoms with van der Waals surface area (Å²) in [5.41, 5.74) is 7.83. The number of nitrogens with one attached hydrogen (secondary N) is 1. The Balaban J connectivity index is 2.81. The number of carbonyl (C=O) groups excluding carboxylic acids is 2. The molecule has 0 bridgehead atoms. The molecule has 0 aromatic carbocycles. The van der Waals surface area contributed by atoms with Gasteiger partial charge in [0, 0.05) is 23.5 Å². The molecule has 0 fully saturated rings. The number of aliphatic hydroxyl groups excluding tert-OH is 1. The zero-order chi connectivity index (χ0) is 15.7. The molecule has 0 atom stereocenters. The molecule has 10 heteroatoms. The summed E-state index contributed by atoms with van der Waals surface area (Å²) in [6.45, 7) is 0.726. The van der Waals surface area contributed by atoms with Crippen LogP contribution in [0.5, 0.6) is 0 Å². The SMILES string of the molecule is C/C(O)=C(/C=N/c1ncccn1)C(=O)NC(=O)CN=[N+]=[N-]. The van der Waals surface area contributed by atoms with Crippen LogP contribution in [0.3, 0.4) is 0 Å². The Bertz CT molecular complexity index is 628. The van der Waals surface area contributed by atoms with Gasteiger partial charge in [-0.1, -0.05) is 5.11 Å². The summed E-state index contributed by atoms with van der Waals surface area (Å²) in [6, 6.07) is 1.59. The number of imide groups is 1. The molecule has 0 saturated heterocycles. The molecular formula is C11H11N7O3. The van der Waals surface area contributed by atoms with Gasteiger partial charge in [0.05, 0.1) is 5.57 Å². The minimum absolute atomic E-state index is 0.0875. The fourth-order valence-electron chi connectivity index (χ4n) is 1.13. The molecule has 0 aliphatic carbocycles. The van der Waals surface area contributed by atoms with E-state index in [1.807, 2.05) is 5.32 Å². The van der Waals surface area contributed by atoms with Crippen LogP contribution >= 0.6 is 0 Å². The molecule has 108 valence electrons. The maximum atomic E-state index is 11.8. The molecule has 1 aromatic heterocycles. The molecular weight excluding hydrogens is 278 g/mol. The topological polar surface area (TPSA) is 153 Å². The fraction of sp³-hybridized carbons (Fsp3) is 0.182. The van der Waals surface area contributed by atoms with Crippen LogP contribution in [0.1, 0.15) is 6.92 Å². The predicted molar refractivity (Wildman–Crippen MR) is 72.7 cm³/mol. The third kappa shape index (κ3) is 5.49. The van der Waals surface area contributed by atoms with Crippen LogP contribution < -0.4 is 5.32 Å². The van der Waals surface area contributed by atoms with Crippen molar-refractivity contribution in [3.05, 3.63) is 40.2 Å². The van der Waals surface area contributed by atoms with E-state index < -0.39 is 18.4 Å². The Kier molecular flexibility index (Phi) is 6.03. The van der Waals surface area contributed by atoms with E-state index in [4.69, 9.17) is 5.53 Å². The third-order valence-corrected chi connectivity index (χ3v) is 2.03. The summed E-state index contributed by atoms with van der Waals surface area (Å²) in [5.74, 6) is -1.94. The van der Waals surface area contributed by atoms with E-state index in [2.05, 4.69) is 25.0 Å². The standard InChI is InChI=1S/C11H11N7O3/c1-7(19)8(5-15-11-13-3-2-4-14-11)10(21)17-9(20)6-16-18-12/h2-5,19H,6H2,1H3,(H,17,20,21)/b8-7+,15-5+. The lowest BCUT2D eigenvalue weighted by atomic mass is 10.2. The first kappa shape index (κ1) is 15.8. The minimum Gasteiger partial charge on any atom is -0.512 e. The average Bonchev–Trinajstić information content (AvgIpc) is 2.46. The van der Waals surface area contributed by atoms with Crippen molar-refractivity contribution in [2.24, 2.45) is 10.1 Å². The van der Waals surface area contributed by atoms with Gasteiger partial charge in [0.2, 0.25) is 11.9 Å². The monoisotopic (exact) mass is 289 g/mol. The molecule has 0 radical (unpaired) electrons. The van der Waals surface area contributed by atoms with Gasteiger partial charge in [0.1, 0.15) is 12.3 Å². The van der Waals surface area contributed by atoms with Crippen molar-refractivity contribution >= 4 is 24.0 Å². The molecule has 0 unspecified atom stereocenters. The van der Waals surface area contributed by atoms with Crippen LogP contribution in [0.4, 0.5) is 5.95 Å². The van der Waals surface area contributed by atoms with Crippen molar-refractivity contribution in [1.29, 1.82) is 0 Å². The Morgan fingerprint density at radius 2 is 2.14 bits per heavy atom. The second kappa shape index (κ2) is 8.02. The highest BCUT2D eigenvalue weighted by molar-refractivity contribution is 6.17. The number of amides is 2. The number of azide groups is 1. The van der Waals surface area contributed by atoms with Gasteiger partial charge in [-0.3, -0.25) is 14.9 Å². The molecule has 1 heterocycles. The first-order valence-electron chi connectivity index (χ1n) is 5.60. The van der Waals surface area contributed by atoms with Crippen LogP contribution in [0.2, 0.25) is 0 Å². The molecule has 0 saturated carbocycles. The number of hydrogen-bond acceptors (Lipinski definition) is 7. The highest BCUT2D eigenvalue weighted by Gasteiger charge is 2.14. The zero-order valence-electron chi connectivity index (χ0n) is 11.0. The van der Waals surface area contributed by atoms with Gasteiger partial charge in [0.15, 0.2) is 0 Å². The van der Waals surface area contributed by atoms with Crippen LogP contribution in [0.25, 0.3) is 10.4 Å². The maximum Gasteiger partial charge on any atom is 0.262 e. The lowest BCUT2D eigenvalue weighted by molar-refractivity contribution is -0.127. The van der Waals surface area contributed by atoms with Gasteiger partial charge in [-0.2, -0.15) is 0 Å². The van der Waals surface area contributed by atoms with E-state index in [-0.39, 0.29) is 17.3 Å². The minimum atomic E-state index is -0.882. The number of aliphatic hydroxyl groups is 1. The van der Waals surface area contributed by atoms with E-state index in [1.165, 1.54) is 19.3 Å². The Hall–Kier alpha value is -3.26. The average molecular weight is 289 g/mol. The molecule has 0 spiro atoms. The fourth-order valence-corrected chi connectivity index (χ4v) is 1.13. The number of carbonyl (C=O) groups is 2. The highest BCUT2D eigenvalue weighted by Crippen LogP contribution is 2.03. The predicted octanol–water partition coefficient (Wildman–Crippen LogP) is 0.964. The van der Waals surface area contributed by atoms with E-state index in [1.54, 1.807) is 6.07 Å². The van der Waals surface area contributed by atoms with Crippen molar-refractivity contribution < 1.29 is 14.7 Å². The van der Waals surface area contributed by atoms with Crippen LogP contribution in [-0.2, 0) is 9.59 Å². The molecule has 10 nitrogen and oxygen atoms in total. The first-order chi connectivity index (χ1) is 10.0. The van der Waals surface area contributed by atoms with Gasteiger partial charge in [-0.15, -0.1) is 0 Å². The molecule has 1 rings (SSSR count). The number of aliphatic imine (C=N–C) groups is 1. The van der Waals surface area contributed by atoms with Crippen LogP contribution in [0.15, 0.2) is 39.9 Å². The summed E-state index contributed by atoms with van der Waals surface area (Å²) in [6.07, 6.45) is 3.94. The highest BCUT2D eigenvalue weighted by atomic mass is 16.3. The van der Waals surface area contributed by atoms with Crippen molar-refractivity contribution in [2.45, 2.75) is 6.92 Å². The van der Waals surface area contributed by atoms with Gasteiger partial charge < -0.3 is 5.11 Å². The maximum absolute atomic E-state index is 11.8. The summed E-state index contributed by atoms with van der Waals surface area (Å²) >= 11 is 0. The largest absolute Gasteiger partial charge is 0.512 e. The Labute approximate surface area is 118 Å². The van der Waals surface area contributed by atoms with Gasteiger partial charge in [-0.05, 0) is 18.5 Å². The summed E-state index contributed by atoms with van der Waals surface area (Å²) in [4.78, 5) is 36.8. The van der Waals surface area contributed by atoms with E-state index in [0.717, 1.165) is 6.21 Å². The Morgan fingerprint density at radius 1 is 1.48 bits per heavy atom. The number of allylic oxidation sites excluding steroid dienone is 1. The van der Waals surface area contributed by atoms with E-state index in [9.17, 15) is 14.7 Å². The molecule has 1 aromatic rings. The summed E-state index contributed by atoms with van der Waals surface area (Å²) in [5, 5.41) is 14.4. The smallest absolute Gasteiger partial charge is 0.262 e. The lowest BCUT2D eigenvalue weighted by Crippen LogP contribution is -2.34. The van der Waals surface area contributed by atoms with Crippen molar-refractivity contribution in [3.63, 3.8) is 0 Å². The Morgan fingerprint density at radius 3 is 2.71 bits per heavy atom. The first-order valence-corrected chi connectivity index (χ1v) is 5.60. The molecule has 2 N–H and O–H groups in total. The summed E-state index contributed by atoms with van der Waals surface area (Å²) in [7, 11) is 0.